The van der Waals surface area contributed by atoms with Crippen molar-refractivity contribution in [3.05, 3.63) is 102 Å². The van der Waals surface area contributed by atoms with Crippen LogP contribution in [0.25, 0.3) is 0 Å². The number of primary amides is 1. The summed E-state index contributed by atoms with van der Waals surface area (Å²) >= 11 is 0. The first-order chi connectivity index (χ1) is 41.7. The van der Waals surface area contributed by atoms with Gasteiger partial charge in [0.2, 0.25) is 17.7 Å². The molecular weight excluding hydrogens is 1120 g/mol. The molecule has 0 bridgehead atoms. The quantitative estimate of drug-likeness (QED) is 0.0294. The fourth-order valence-corrected chi connectivity index (χ4v) is 10.9. The number of anilines is 2. The molecule has 3 aromatic carbocycles. The highest BCUT2D eigenvalue weighted by Gasteiger charge is 2.46. The lowest BCUT2D eigenvalue weighted by molar-refractivity contribution is -0.137. The number of amides is 10. The fourth-order valence-electron chi connectivity index (χ4n) is 10.9. The summed E-state index contributed by atoms with van der Waals surface area (Å²) in [6.45, 7) is 12.8. The second kappa shape index (κ2) is 29.2. The summed E-state index contributed by atoms with van der Waals surface area (Å²) in [5.74, 6) is -2.00. The maximum atomic E-state index is 14.3. The van der Waals surface area contributed by atoms with Gasteiger partial charge in [-0.15, -0.1) is 0 Å². The normalized spacial score (nSPS) is 18.3. The van der Waals surface area contributed by atoms with Crippen LogP contribution in [-0.2, 0) is 35.3 Å². The zero-order chi connectivity index (χ0) is 62.5. The van der Waals surface area contributed by atoms with Gasteiger partial charge in [-0.25, -0.2) is 14.5 Å². The van der Waals surface area contributed by atoms with Crippen molar-refractivity contribution >= 4 is 76.8 Å². The molecule has 464 valence electrons. The molecular formula is C62H76N10O15. The molecule has 0 aliphatic carbocycles. The zero-order valence-corrected chi connectivity index (χ0v) is 49.4. The molecule has 8 rings (SSSR count). The number of nitrogens with two attached hydrogens (primary N) is 1. The summed E-state index contributed by atoms with van der Waals surface area (Å²) in [6.07, 6.45) is 6.38. The highest BCUT2D eigenvalue weighted by Crippen LogP contribution is 2.43. The number of aliphatic imine (C=N–C) groups is 1. The minimum atomic E-state index is -1.56. The number of benzene rings is 3. The number of aliphatic hydroxyl groups is 1. The number of nitrogens with zero attached hydrogens (tertiary/aromatic N) is 5. The van der Waals surface area contributed by atoms with Crippen LogP contribution < -0.4 is 50.8 Å². The first kappa shape index (κ1) is 63.8. The highest BCUT2D eigenvalue weighted by molar-refractivity contribution is 6.13. The Morgan fingerprint density at radius 1 is 0.747 bits per heavy atom. The van der Waals surface area contributed by atoms with Gasteiger partial charge in [0, 0.05) is 68.8 Å². The first-order valence-corrected chi connectivity index (χ1v) is 29.1. The maximum Gasteiger partial charge on any atom is 0.416 e. The number of fused-ring (bicyclic) bond motifs is 4. The van der Waals surface area contributed by atoms with Crippen molar-refractivity contribution in [1.82, 2.24) is 30.7 Å². The van der Waals surface area contributed by atoms with Gasteiger partial charge in [-0.1, -0.05) is 56.7 Å². The third kappa shape index (κ3) is 15.8. The third-order valence-electron chi connectivity index (χ3n) is 15.5. The van der Waals surface area contributed by atoms with Gasteiger partial charge in [-0.2, -0.15) is 0 Å². The SMILES string of the molecule is C=C1CC2C(O)N(C(=O)OCc3ccc(NC(=O)[C@H](CCCNC(N)=O)NC(=O)[C@@H](NC(=O)CCCCCN4C(=O)C=CC4=O)C(C)C)cc3)c3cc(OCCCCCOc4cc5c(cc4OC)C(=O)N4CC(=C)C[C@H]4C=N5)c(OC)cc3C(=O)N2C1. The van der Waals surface area contributed by atoms with Crippen molar-refractivity contribution in [1.29, 1.82) is 0 Å². The average Bonchev–Trinajstić information content (AvgIpc) is 1.74. The van der Waals surface area contributed by atoms with E-state index >= 15 is 0 Å². The number of imide groups is 1. The van der Waals surface area contributed by atoms with E-state index in [2.05, 4.69) is 39.4 Å². The smallest absolute Gasteiger partial charge is 0.416 e. The maximum absolute atomic E-state index is 14.3. The molecule has 0 aromatic heterocycles. The summed E-state index contributed by atoms with van der Waals surface area (Å²) in [5.41, 5.74) is 8.76. The summed E-state index contributed by atoms with van der Waals surface area (Å²) in [7, 11) is 2.94. The van der Waals surface area contributed by atoms with E-state index in [1.54, 1.807) is 61.4 Å². The zero-order valence-electron chi connectivity index (χ0n) is 49.4. The molecule has 0 saturated carbocycles. The number of unbranched alkanes of at least 4 members (excludes halogenated alkanes) is 4. The largest absolute Gasteiger partial charge is 0.493 e. The second-order valence-electron chi connectivity index (χ2n) is 22.3. The molecule has 2 saturated heterocycles. The van der Waals surface area contributed by atoms with Gasteiger partial charge in [-0.3, -0.25) is 43.5 Å². The molecule has 25 nitrogen and oxygen atoms in total. The molecule has 5 aliphatic rings. The van der Waals surface area contributed by atoms with E-state index in [0.717, 1.165) is 15.4 Å². The van der Waals surface area contributed by atoms with Crippen LogP contribution >= 0.6 is 0 Å². The van der Waals surface area contributed by atoms with E-state index < -0.39 is 54.2 Å². The number of methoxy groups -OCH3 is 2. The molecule has 5 heterocycles. The monoisotopic (exact) mass is 1200 g/mol. The van der Waals surface area contributed by atoms with Crippen molar-refractivity contribution < 1.29 is 71.9 Å². The molecule has 10 amide bonds. The Morgan fingerprint density at radius 2 is 1.38 bits per heavy atom. The van der Waals surface area contributed by atoms with Crippen LogP contribution in [0.4, 0.5) is 26.7 Å². The highest BCUT2D eigenvalue weighted by atomic mass is 16.6. The van der Waals surface area contributed by atoms with Gasteiger partial charge in [0.15, 0.2) is 29.2 Å². The van der Waals surface area contributed by atoms with E-state index in [1.807, 2.05) is 0 Å². The van der Waals surface area contributed by atoms with Crippen LogP contribution in [0.1, 0.15) is 111 Å². The topological polar surface area (TPSA) is 319 Å². The number of urea groups is 1. The Bertz CT molecular complexity index is 3200. The molecule has 2 fully saturated rings. The molecule has 7 N–H and O–H groups in total. The molecule has 0 radical (unpaired) electrons. The van der Waals surface area contributed by atoms with Crippen LogP contribution in [0.3, 0.4) is 0 Å². The first-order valence-electron chi connectivity index (χ1n) is 29.1. The minimum absolute atomic E-state index is 0.0401. The van der Waals surface area contributed by atoms with Gasteiger partial charge in [-0.05, 0) is 93.5 Å². The lowest BCUT2D eigenvalue weighted by Gasteiger charge is -2.31. The summed E-state index contributed by atoms with van der Waals surface area (Å²) in [4.78, 5) is 128. The van der Waals surface area contributed by atoms with Crippen LogP contribution in [0.15, 0.2) is 90.0 Å². The van der Waals surface area contributed by atoms with Gasteiger partial charge >= 0.3 is 12.1 Å². The standard InChI is InChI=1S/C62H76N10O15/c1-36(2)55(68-52(73)15-9-7-10-23-69-53(74)20-21-54(69)75)57(77)67-44(14-13-22-64-61(63)81)56(76)66-40-18-16-39(17-19-40)35-87-62(82)72-46-31-51(49(84-6)29-43(46)59(79)71-34-38(4)27-47(71)60(72)80)86-25-12-8-11-24-85-50-30-45-42(28-48(50)83-5)58(78)70-33-37(3)26-41(70)32-65-45/h16-21,28-32,36,41,44,47,55,60,80H,3-4,7-15,22-27,33-35H2,1-2,5-6H3,(H,66,76)(H,67,77)(H,68,73)(H3,63,64,81)/t41-,44-,47?,55-,60?/m0/s1. The molecule has 3 aromatic rings. The number of hydrogen-bond acceptors (Lipinski definition) is 16. The number of ether oxygens (including phenoxy) is 5. The van der Waals surface area contributed by atoms with Crippen LogP contribution in [-0.4, -0.2) is 164 Å². The predicted molar refractivity (Wildman–Crippen MR) is 320 cm³/mol. The van der Waals surface area contributed by atoms with E-state index in [9.17, 15) is 48.3 Å². The van der Waals surface area contributed by atoms with Crippen molar-refractivity contribution in [3.63, 3.8) is 0 Å². The fraction of sp³-hybridized carbons (Fsp3) is 0.452. The number of carbonyl (C=O) groups excluding carboxylic acids is 9. The molecule has 25 heteroatoms. The van der Waals surface area contributed by atoms with Crippen LogP contribution in [0, 0.1) is 5.92 Å². The summed E-state index contributed by atoms with van der Waals surface area (Å²) < 4.78 is 29.5. The van der Waals surface area contributed by atoms with Crippen LogP contribution in [0.5, 0.6) is 23.0 Å². The number of hydrogen-bond donors (Lipinski definition) is 6. The number of nitrogens with one attached hydrogen (secondary N) is 4. The Balaban J connectivity index is 0.864. The van der Waals surface area contributed by atoms with E-state index in [4.69, 9.17) is 29.4 Å². The van der Waals surface area contributed by atoms with E-state index in [1.165, 1.54) is 43.4 Å². The number of rotatable bonds is 28. The number of carbonyl (C=O) groups is 9. The summed E-state index contributed by atoms with van der Waals surface area (Å²) in [5, 5.41) is 22.7. The van der Waals surface area contributed by atoms with E-state index in [0.29, 0.717) is 97.7 Å². The van der Waals surface area contributed by atoms with Crippen LogP contribution in [0.2, 0.25) is 0 Å². The molecule has 0 spiro atoms. The van der Waals surface area contributed by atoms with Gasteiger partial charge in [0.25, 0.3) is 23.6 Å². The number of aliphatic hydroxyl groups excluding tert-OH is 1. The van der Waals surface area contributed by atoms with Crippen molar-refractivity contribution in [2.45, 2.75) is 121 Å². The van der Waals surface area contributed by atoms with Gasteiger partial charge in [0.05, 0.1) is 62.0 Å². The third-order valence-corrected chi connectivity index (χ3v) is 15.5. The average molecular weight is 1200 g/mol. The van der Waals surface area contributed by atoms with Crippen molar-refractivity contribution in [3.8, 4) is 23.0 Å². The van der Waals surface area contributed by atoms with E-state index in [-0.39, 0.29) is 117 Å². The molecule has 2 unspecified atom stereocenters. The Labute approximate surface area is 504 Å². The minimum Gasteiger partial charge on any atom is -0.493 e. The Hall–Kier alpha value is -9.26. The van der Waals surface area contributed by atoms with Gasteiger partial charge < -0.3 is 65.6 Å². The molecule has 5 aliphatic heterocycles. The van der Waals surface area contributed by atoms with Crippen molar-refractivity contribution in [2.75, 3.05) is 63.8 Å². The Morgan fingerprint density at radius 3 is 2.05 bits per heavy atom. The van der Waals surface area contributed by atoms with Gasteiger partial charge in [0.1, 0.15) is 18.7 Å². The molecule has 5 atom stereocenters. The lowest BCUT2D eigenvalue weighted by Crippen LogP contribution is -2.54. The lowest BCUT2D eigenvalue weighted by atomic mass is 10.0. The Kier molecular flexibility index (Phi) is 21.4. The summed E-state index contributed by atoms with van der Waals surface area (Å²) in [6, 6.07) is 8.79. The molecule has 87 heavy (non-hydrogen) atoms. The second-order valence-corrected chi connectivity index (χ2v) is 22.3. The van der Waals surface area contributed by atoms with Crippen molar-refractivity contribution in [2.24, 2.45) is 16.6 Å². The predicted octanol–water partition coefficient (Wildman–Crippen LogP) is 5.56.